The molecule has 0 aliphatic heterocycles. The molecular weight excluding hydrogens is 263 g/mol. The van der Waals surface area contributed by atoms with Crippen LogP contribution in [-0.2, 0) is 6.54 Å². The van der Waals surface area contributed by atoms with Gasteiger partial charge in [0.1, 0.15) is 17.2 Å². The van der Waals surface area contributed by atoms with Crippen molar-refractivity contribution >= 4 is 0 Å². The first kappa shape index (κ1) is 15.4. The maximum atomic E-state index is 12.1. The summed E-state index contributed by atoms with van der Waals surface area (Å²) < 4.78 is 51.6. The molecule has 0 spiro atoms. The van der Waals surface area contributed by atoms with Gasteiger partial charge in [-0.25, -0.2) is 0 Å². The maximum Gasteiger partial charge on any atom is 0.401 e. The van der Waals surface area contributed by atoms with Crippen LogP contribution in [0.25, 0.3) is 0 Å². The lowest BCUT2D eigenvalue weighted by Crippen LogP contribution is -2.28. The fourth-order valence-corrected chi connectivity index (χ4v) is 1.58. The quantitative estimate of drug-likeness (QED) is 0.867. The molecule has 4 nitrogen and oxygen atoms in total. The third-order valence-corrected chi connectivity index (χ3v) is 2.44. The summed E-state index contributed by atoms with van der Waals surface area (Å²) in [5.74, 6) is 1.32. The Labute approximate surface area is 109 Å². The van der Waals surface area contributed by atoms with Crippen molar-refractivity contribution in [2.24, 2.45) is 0 Å². The fraction of sp³-hybridized carbons (Fsp3) is 0.500. The Morgan fingerprint density at radius 2 is 1.53 bits per heavy atom. The lowest BCUT2D eigenvalue weighted by molar-refractivity contribution is -0.125. The Kier molecular flexibility index (Phi) is 5.29. The smallest absolute Gasteiger partial charge is 0.401 e. The van der Waals surface area contributed by atoms with E-state index in [0.29, 0.717) is 22.8 Å². The van der Waals surface area contributed by atoms with Gasteiger partial charge >= 0.3 is 6.18 Å². The van der Waals surface area contributed by atoms with Crippen LogP contribution in [0.3, 0.4) is 0 Å². The minimum absolute atomic E-state index is 0.0180. The Morgan fingerprint density at radius 1 is 1.00 bits per heavy atom. The zero-order chi connectivity index (χ0) is 14.5. The second-order valence-electron chi connectivity index (χ2n) is 3.73. The van der Waals surface area contributed by atoms with Crippen LogP contribution in [0.4, 0.5) is 13.2 Å². The highest BCUT2D eigenvalue weighted by Crippen LogP contribution is 2.33. The third kappa shape index (κ3) is 4.51. The number of hydrogen-bond donors (Lipinski definition) is 1. The second kappa shape index (κ2) is 6.51. The summed E-state index contributed by atoms with van der Waals surface area (Å²) in [5, 5.41) is 2.30. The van der Waals surface area contributed by atoms with Gasteiger partial charge in [-0.3, -0.25) is 0 Å². The number of hydrogen-bond acceptors (Lipinski definition) is 4. The maximum absolute atomic E-state index is 12.1. The number of methoxy groups -OCH3 is 3. The first-order valence-corrected chi connectivity index (χ1v) is 5.47. The Morgan fingerprint density at radius 3 is 1.89 bits per heavy atom. The molecule has 0 aliphatic carbocycles. The minimum Gasteiger partial charge on any atom is -0.496 e. The predicted octanol–water partition coefficient (Wildman–Crippen LogP) is 2.36. The number of ether oxygens (including phenoxy) is 3. The van der Waals surface area contributed by atoms with E-state index in [-0.39, 0.29) is 6.54 Å². The normalized spacial score (nSPS) is 11.3. The Balaban J connectivity index is 2.91. The van der Waals surface area contributed by atoms with Crippen molar-refractivity contribution in [3.8, 4) is 17.2 Å². The summed E-state index contributed by atoms with van der Waals surface area (Å²) in [6.07, 6.45) is -4.26. The number of alkyl halides is 3. The van der Waals surface area contributed by atoms with Crippen LogP contribution in [-0.4, -0.2) is 34.1 Å². The number of rotatable bonds is 6. The molecule has 0 saturated heterocycles. The van der Waals surface area contributed by atoms with Gasteiger partial charge in [0.2, 0.25) is 0 Å². The van der Waals surface area contributed by atoms with Crippen molar-refractivity contribution < 1.29 is 27.4 Å². The van der Waals surface area contributed by atoms with Crippen LogP contribution in [0.5, 0.6) is 17.2 Å². The molecule has 19 heavy (non-hydrogen) atoms. The monoisotopic (exact) mass is 279 g/mol. The molecule has 0 amide bonds. The van der Waals surface area contributed by atoms with E-state index in [4.69, 9.17) is 14.2 Å². The summed E-state index contributed by atoms with van der Waals surface area (Å²) in [4.78, 5) is 0. The molecule has 7 heteroatoms. The summed E-state index contributed by atoms with van der Waals surface area (Å²) in [6.45, 7) is -1.10. The highest BCUT2D eigenvalue weighted by molar-refractivity contribution is 5.50. The summed E-state index contributed by atoms with van der Waals surface area (Å²) >= 11 is 0. The topological polar surface area (TPSA) is 39.7 Å². The van der Waals surface area contributed by atoms with Crippen molar-refractivity contribution in [3.05, 3.63) is 17.7 Å². The van der Waals surface area contributed by atoms with Gasteiger partial charge in [0.25, 0.3) is 0 Å². The first-order chi connectivity index (χ1) is 8.91. The summed E-state index contributed by atoms with van der Waals surface area (Å²) in [5.41, 5.74) is 0.509. The van der Waals surface area contributed by atoms with E-state index >= 15 is 0 Å². The van der Waals surface area contributed by atoms with E-state index in [1.807, 2.05) is 0 Å². The van der Waals surface area contributed by atoms with Gasteiger partial charge in [-0.05, 0) is 0 Å². The van der Waals surface area contributed by atoms with Gasteiger partial charge in [-0.2, -0.15) is 13.2 Å². The van der Waals surface area contributed by atoms with Crippen LogP contribution in [0, 0.1) is 0 Å². The van der Waals surface area contributed by atoms with E-state index in [0.717, 1.165) is 0 Å². The molecule has 1 rings (SSSR count). The average Bonchev–Trinajstić information content (AvgIpc) is 2.37. The molecule has 0 unspecified atom stereocenters. The van der Waals surface area contributed by atoms with E-state index in [2.05, 4.69) is 5.32 Å². The molecule has 0 aliphatic rings. The van der Waals surface area contributed by atoms with E-state index < -0.39 is 12.7 Å². The molecule has 0 bridgehead atoms. The largest absolute Gasteiger partial charge is 0.496 e. The fourth-order valence-electron chi connectivity index (χ4n) is 1.58. The van der Waals surface area contributed by atoms with Gasteiger partial charge in [-0.15, -0.1) is 0 Å². The molecular formula is C12H16F3NO3. The van der Waals surface area contributed by atoms with E-state index in [1.54, 1.807) is 12.1 Å². The zero-order valence-electron chi connectivity index (χ0n) is 10.9. The van der Waals surface area contributed by atoms with E-state index in [1.165, 1.54) is 21.3 Å². The number of nitrogens with one attached hydrogen (secondary N) is 1. The molecule has 0 aromatic heterocycles. The third-order valence-electron chi connectivity index (χ3n) is 2.44. The lowest BCUT2D eigenvalue weighted by atomic mass is 10.1. The molecule has 0 atom stereocenters. The van der Waals surface area contributed by atoms with Crippen molar-refractivity contribution in [3.63, 3.8) is 0 Å². The minimum atomic E-state index is -4.26. The van der Waals surface area contributed by atoms with Crippen LogP contribution in [0.2, 0.25) is 0 Å². The van der Waals surface area contributed by atoms with Crippen LogP contribution < -0.4 is 19.5 Å². The van der Waals surface area contributed by atoms with Crippen molar-refractivity contribution in [1.29, 1.82) is 0 Å². The SMILES string of the molecule is COc1cc(OC)c(CNCC(F)(F)F)c(OC)c1. The van der Waals surface area contributed by atoms with Gasteiger partial charge < -0.3 is 19.5 Å². The molecule has 1 aromatic rings. The molecule has 0 radical (unpaired) electrons. The standard InChI is InChI=1S/C12H16F3NO3/c1-17-8-4-10(18-2)9(11(5-8)19-3)6-16-7-12(13,14)15/h4-5,16H,6-7H2,1-3H3. The highest BCUT2D eigenvalue weighted by Gasteiger charge is 2.26. The van der Waals surface area contributed by atoms with Crippen molar-refractivity contribution in [1.82, 2.24) is 5.32 Å². The molecule has 0 saturated carbocycles. The molecule has 0 heterocycles. The van der Waals surface area contributed by atoms with E-state index in [9.17, 15) is 13.2 Å². The van der Waals surface area contributed by atoms with Gasteiger partial charge in [0, 0.05) is 18.7 Å². The Bertz CT molecular complexity index is 396. The predicted molar refractivity (Wildman–Crippen MR) is 63.9 cm³/mol. The van der Waals surface area contributed by atoms with Crippen LogP contribution in [0.15, 0.2) is 12.1 Å². The summed E-state index contributed by atoms with van der Waals surface area (Å²) in [6, 6.07) is 3.18. The van der Waals surface area contributed by atoms with Gasteiger partial charge in [-0.1, -0.05) is 0 Å². The number of halogens is 3. The highest BCUT2D eigenvalue weighted by atomic mass is 19.4. The zero-order valence-corrected chi connectivity index (χ0v) is 10.9. The average molecular weight is 279 g/mol. The molecule has 0 fully saturated rings. The molecule has 1 N–H and O–H groups in total. The van der Waals surface area contributed by atoms with Gasteiger partial charge in [0.15, 0.2) is 0 Å². The Hall–Kier alpha value is -1.63. The molecule has 1 aromatic carbocycles. The van der Waals surface area contributed by atoms with Gasteiger partial charge in [0.05, 0.1) is 33.4 Å². The van der Waals surface area contributed by atoms with Crippen molar-refractivity contribution in [2.45, 2.75) is 12.7 Å². The summed E-state index contributed by atoms with van der Waals surface area (Å²) in [7, 11) is 4.35. The van der Waals surface area contributed by atoms with Crippen LogP contribution in [0.1, 0.15) is 5.56 Å². The molecule has 108 valence electrons. The first-order valence-electron chi connectivity index (χ1n) is 5.47. The number of benzene rings is 1. The second-order valence-corrected chi connectivity index (χ2v) is 3.73. The van der Waals surface area contributed by atoms with Crippen molar-refractivity contribution in [2.75, 3.05) is 27.9 Å². The lowest BCUT2D eigenvalue weighted by Gasteiger charge is -2.16. The van der Waals surface area contributed by atoms with Crippen LogP contribution >= 0.6 is 0 Å².